The van der Waals surface area contributed by atoms with E-state index >= 15 is 0 Å². The molecule has 0 spiro atoms. The molecule has 1 aliphatic heterocycles. The van der Waals surface area contributed by atoms with Crippen LogP contribution in [0.3, 0.4) is 0 Å². The van der Waals surface area contributed by atoms with Crippen LogP contribution < -0.4 is 5.32 Å². The molecule has 0 aromatic rings. The first-order valence-electron chi connectivity index (χ1n) is 5.32. The van der Waals surface area contributed by atoms with Crippen molar-refractivity contribution < 1.29 is 14.3 Å². The van der Waals surface area contributed by atoms with Crippen molar-refractivity contribution in [2.24, 2.45) is 0 Å². The molecular formula is C10H20N2O3. The van der Waals surface area contributed by atoms with Gasteiger partial charge in [0.05, 0.1) is 13.2 Å². The smallest absolute Gasteiger partial charge is 0.248 e. The quantitative estimate of drug-likeness (QED) is 0.628. The van der Waals surface area contributed by atoms with Crippen molar-refractivity contribution in [3.63, 3.8) is 0 Å². The lowest BCUT2D eigenvalue weighted by Gasteiger charge is -2.33. The Hall–Kier alpha value is -0.650. The average molecular weight is 216 g/mol. The number of piperazine rings is 1. The Morgan fingerprint density at radius 1 is 1.53 bits per heavy atom. The lowest BCUT2D eigenvalue weighted by molar-refractivity contribution is -0.139. The van der Waals surface area contributed by atoms with E-state index in [0.717, 1.165) is 19.6 Å². The van der Waals surface area contributed by atoms with Crippen LogP contribution in [-0.2, 0) is 14.3 Å². The van der Waals surface area contributed by atoms with Gasteiger partial charge in [0, 0.05) is 32.8 Å². The third-order valence-corrected chi connectivity index (χ3v) is 2.48. The Bertz CT molecular complexity index is 199. The average Bonchev–Trinajstić information content (AvgIpc) is 2.25. The predicted octanol–water partition coefficient (Wildman–Crippen LogP) is -0.530. The van der Waals surface area contributed by atoms with Crippen molar-refractivity contribution in [2.45, 2.75) is 13.0 Å². The van der Waals surface area contributed by atoms with Crippen molar-refractivity contribution in [3.8, 4) is 0 Å². The lowest BCUT2D eigenvalue weighted by atomic mass is 10.2. The summed E-state index contributed by atoms with van der Waals surface area (Å²) in [6.45, 7) is 5.71. The number of ether oxygens (including phenoxy) is 2. The number of carbonyl (C=O) groups is 1. The fourth-order valence-corrected chi connectivity index (χ4v) is 1.60. The molecule has 0 aromatic heterocycles. The van der Waals surface area contributed by atoms with E-state index in [4.69, 9.17) is 9.47 Å². The summed E-state index contributed by atoms with van der Waals surface area (Å²) in [6.07, 6.45) is 0. The molecule has 1 atom stereocenters. The zero-order valence-electron chi connectivity index (χ0n) is 9.49. The molecule has 0 saturated carbocycles. The maximum Gasteiger partial charge on any atom is 0.248 e. The number of carbonyl (C=O) groups excluding carboxylic acids is 1. The van der Waals surface area contributed by atoms with Crippen LogP contribution in [0.1, 0.15) is 6.92 Å². The van der Waals surface area contributed by atoms with Gasteiger partial charge in [-0.3, -0.25) is 4.79 Å². The fourth-order valence-electron chi connectivity index (χ4n) is 1.60. The SMILES string of the molecule is COCCOCC(=O)N1CCNCC1C. The molecule has 5 nitrogen and oxygen atoms in total. The minimum absolute atomic E-state index is 0.0695. The van der Waals surface area contributed by atoms with Gasteiger partial charge < -0.3 is 19.7 Å². The molecule has 1 unspecified atom stereocenters. The van der Waals surface area contributed by atoms with Gasteiger partial charge in [-0.1, -0.05) is 0 Å². The summed E-state index contributed by atoms with van der Waals surface area (Å²) in [6, 6.07) is 0.261. The third-order valence-electron chi connectivity index (χ3n) is 2.48. The van der Waals surface area contributed by atoms with Gasteiger partial charge in [-0.05, 0) is 6.92 Å². The maximum atomic E-state index is 11.7. The Morgan fingerprint density at radius 3 is 3.00 bits per heavy atom. The molecule has 1 amide bonds. The summed E-state index contributed by atoms with van der Waals surface area (Å²) < 4.78 is 10.0. The lowest BCUT2D eigenvalue weighted by Crippen LogP contribution is -2.53. The highest BCUT2D eigenvalue weighted by Crippen LogP contribution is 2.02. The highest BCUT2D eigenvalue weighted by molar-refractivity contribution is 5.77. The molecule has 0 bridgehead atoms. The molecule has 5 heteroatoms. The molecule has 0 radical (unpaired) electrons. The zero-order chi connectivity index (χ0) is 11.1. The van der Waals surface area contributed by atoms with Crippen LogP contribution in [0.5, 0.6) is 0 Å². The van der Waals surface area contributed by atoms with Crippen molar-refractivity contribution in [2.75, 3.05) is 46.6 Å². The van der Waals surface area contributed by atoms with Crippen LogP contribution in [0.4, 0.5) is 0 Å². The highest BCUT2D eigenvalue weighted by atomic mass is 16.5. The largest absolute Gasteiger partial charge is 0.382 e. The molecule has 88 valence electrons. The van der Waals surface area contributed by atoms with Gasteiger partial charge in [-0.2, -0.15) is 0 Å². The van der Waals surface area contributed by atoms with Crippen molar-refractivity contribution in [3.05, 3.63) is 0 Å². The number of methoxy groups -OCH3 is 1. The molecular weight excluding hydrogens is 196 g/mol. The first-order valence-corrected chi connectivity index (χ1v) is 5.32. The minimum Gasteiger partial charge on any atom is -0.382 e. The fraction of sp³-hybridized carbons (Fsp3) is 0.900. The van der Waals surface area contributed by atoms with Gasteiger partial charge >= 0.3 is 0 Å². The number of hydrogen-bond donors (Lipinski definition) is 1. The number of nitrogens with zero attached hydrogens (tertiary/aromatic N) is 1. The molecule has 1 rings (SSSR count). The van der Waals surface area contributed by atoms with Crippen molar-refractivity contribution in [1.29, 1.82) is 0 Å². The number of nitrogens with one attached hydrogen (secondary N) is 1. The highest BCUT2D eigenvalue weighted by Gasteiger charge is 2.22. The Morgan fingerprint density at radius 2 is 2.33 bits per heavy atom. The van der Waals surface area contributed by atoms with Crippen LogP contribution in [0, 0.1) is 0 Å². The normalized spacial score (nSPS) is 21.7. The van der Waals surface area contributed by atoms with Crippen molar-refractivity contribution in [1.82, 2.24) is 10.2 Å². The van der Waals surface area contributed by atoms with E-state index in [2.05, 4.69) is 5.32 Å². The molecule has 0 aliphatic carbocycles. The Labute approximate surface area is 90.7 Å². The molecule has 1 heterocycles. The minimum atomic E-state index is 0.0695. The summed E-state index contributed by atoms with van der Waals surface area (Å²) in [5.41, 5.74) is 0. The van der Waals surface area contributed by atoms with E-state index in [0.29, 0.717) is 13.2 Å². The van der Waals surface area contributed by atoms with Gasteiger partial charge in [-0.15, -0.1) is 0 Å². The Balaban J connectivity index is 2.20. The molecule has 1 aliphatic rings. The first kappa shape index (κ1) is 12.4. The summed E-state index contributed by atoms with van der Waals surface area (Å²) in [7, 11) is 1.61. The second kappa shape index (κ2) is 6.76. The molecule has 1 saturated heterocycles. The molecule has 15 heavy (non-hydrogen) atoms. The molecule has 1 N–H and O–H groups in total. The van der Waals surface area contributed by atoms with Crippen LogP contribution in [-0.4, -0.2) is 63.4 Å². The van der Waals surface area contributed by atoms with E-state index < -0.39 is 0 Å². The number of amides is 1. The molecule has 0 aromatic carbocycles. The third kappa shape index (κ3) is 4.15. The standard InChI is InChI=1S/C10H20N2O3/c1-9-7-11-3-4-12(9)10(13)8-15-6-5-14-2/h9,11H,3-8H2,1-2H3. The van der Waals surface area contributed by atoms with E-state index in [1.807, 2.05) is 11.8 Å². The van der Waals surface area contributed by atoms with Crippen LogP contribution in [0.15, 0.2) is 0 Å². The van der Waals surface area contributed by atoms with E-state index in [1.54, 1.807) is 7.11 Å². The number of hydrogen-bond acceptors (Lipinski definition) is 4. The molecule has 1 fully saturated rings. The Kier molecular flexibility index (Phi) is 5.60. The first-order chi connectivity index (χ1) is 7.25. The van der Waals surface area contributed by atoms with Gasteiger partial charge in [0.1, 0.15) is 6.61 Å². The van der Waals surface area contributed by atoms with Gasteiger partial charge in [0.15, 0.2) is 0 Å². The maximum absolute atomic E-state index is 11.7. The summed E-state index contributed by atoms with van der Waals surface area (Å²) >= 11 is 0. The van der Waals surface area contributed by atoms with Gasteiger partial charge in [-0.25, -0.2) is 0 Å². The van der Waals surface area contributed by atoms with Gasteiger partial charge in [0.2, 0.25) is 5.91 Å². The summed E-state index contributed by atoms with van der Waals surface area (Å²) in [5.74, 6) is 0.0695. The number of rotatable bonds is 5. The second-order valence-corrected chi connectivity index (χ2v) is 3.69. The van der Waals surface area contributed by atoms with Crippen LogP contribution in [0.2, 0.25) is 0 Å². The zero-order valence-corrected chi connectivity index (χ0v) is 9.49. The second-order valence-electron chi connectivity index (χ2n) is 3.69. The van der Waals surface area contributed by atoms with Crippen LogP contribution in [0.25, 0.3) is 0 Å². The summed E-state index contributed by atoms with van der Waals surface area (Å²) in [4.78, 5) is 13.6. The monoisotopic (exact) mass is 216 g/mol. The van der Waals surface area contributed by atoms with E-state index in [9.17, 15) is 4.79 Å². The van der Waals surface area contributed by atoms with E-state index in [1.165, 1.54) is 0 Å². The van der Waals surface area contributed by atoms with Crippen molar-refractivity contribution >= 4 is 5.91 Å². The topological polar surface area (TPSA) is 50.8 Å². The van der Waals surface area contributed by atoms with Crippen LogP contribution >= 0.6 is 0 Å². The predicted molar refractivity (Wildman–Crippen MR) is 56.7 cm³/mol. The van der Waals surface area contributed by atoms with Gasteiger partial charge in [0.25, 0.3) is 0 Å². The van der Waals surface area contributed by atoms with E-state index in [-0.39, 0.29) is 18.6 Å². The summed E-state index contributed by atoms with van der Waals surface area (Å²) in [5, 5.41) is 3.24.